The maximum atomic E-state index is 12.9. The van der Waals surface area contributed by atoms with Gasteiger partial charge in [0.15, 0.2) is 0 Å². The molecule has 1 atom stereocenters. The lowest BCUT2D eigenvalue weighted by molar-refractivity contribution is -0.132. The molecule has 0 saturated carbocycles. The Labute approximate surface area is 160 Å². The fraction of sp³-hybridized carbons (Fsp3) is 0.364. The zero-order valence-corrected chi connectivity index (χ0v) is 15.7. The average Bonchev–Trinajstić information content (AvgIpc) is 2.74. The number of carbonyl (C=O) groups excluding carboxylic acids is 2. The second-order valence-electron chi connectivity index (χ2n) is 6.99. The first-order valence-electron chi connectivity index (χ1n) is 9.52. The minimum Gasteiger partial charge on any atom is -0.345 e. The van der Waals surface area contributed by atoms with Crippen molar-refractivity contribution in [2.75, 3.05) is 20.1 Å². The van der Waals surface area contributed by atoms with Gasteiger partial charge in [0.25, 0.3) is 5.91 Å². The molecule has 1 aliphatic rings. The number of nitrogens with zero attached hydrogens (tertiary/aromatic N) is 1. The van der Waals surface area contributed by atoms with Gasteiger partial charge < -0.3 is 15.5 Å². The van der Waals surface area contributed by atoms with E-state index in [2.05, 4.69) is 10.6 Å². The van der Waals surface area contributed by atoms with Gasteiger partial charge in [0.05, 0.1) is 12.5 Å². The summed E-state index contributed by atoms with van der Waals surface area (Å²) in [7, 11) is 1.87. The molecule has 142 valence electrons. The van der Waals surface area contributed by atoms with Crippen LogP contribution in [0.4, 0.5) is 0 Å². The molecule has 2 amide bonds. The summed E-state index contributed by atoms with van der Waals surface area (Å²) in [5, 5.41) is 6.36. The van der Waals surface area contributed by atoms with Gasteiger partial charge in [0.1, 0.15) is 0 Å². The Balaban J connectivity index is 1.72. The van der Waals surface area contributed by atoms with Crippen molar-refractivity contribution >= 4 is 11.8 Å². The molecule has 3 rings (SSSR count). The van der Waals surface area contributed by atoms with Crippen LogP contribution in [0.3, 0.4) is 0 Å². The van der Waals surface area contributed by atoms with Crippen LogP contribution in [0.5, 0.6) is 0 Å². The summed E-state index contributed by atoms with van der Waals surface area (Å²) >= 11 is 0. The van der Waals surface area contributed by atoms with Gasteiger partial charge >= 0.3 is 0 Å². The van der Waals surface area contributed by atoms with E-state index in [4.69, 9.17) is 0 Å². The number of carbonyl (C=O) groups is 2. The normalized spacial score (nSPS) is 15.7. The van der Waals surface area contributed by atoms with Crippen molar-refractivity contribution in [3.8, 4) is 0 Å². The molecule has 2 aromatic carbocycles. The smallest absolute Gasteiger partial charge is 0.251 e. The van der Waals surface area contributed by atoms with E-state index in [1.165, 1.54) is 0 Å². The molecule has 0 aliphatic carbocycles. The van der Waals surface area contributed by atoms with Crippen LogP contribution in [-0.4, -0.2) is 42.9 Å². The molecule has 0 spiro atoms. The minimum atomic E-state index is -0.351. The van der Waals surface area contributed by atoms with Crippen molar-refractivity contribution in [2.24, 2.45) is 0 Å². The van der Waals surface area contributed by atoms with Crippen molar-refractivity contribution in [3.05, 3.63) is 71.8 Å². The molecule has 2 aromatic rings. The Morgan fingerprint density at radius 2 is 1.63 bits per heavy atom. The minimum absolute atomic E-state index is 0.0594. The van der Waals surface area contributed by atoms with Crippen molar-refractivity contribution in [1.29, 1.82) is 0 Å². The monoisotopic (exact) mass is 365 g/mol. The molecule has 1 unspecified atom stereocenters. The molecule has 2 N–H and O–H groups in total. The highest BCUT2D eigenvalue weighted by Crippen LogP contribution is 2.20. The molecule has 0 bridgehead atoms. The number of nitrogens with one attached hydrogen (secondary N) is 2. The van der Waals surface area contributed by atoms with Crippen molar-refractivity contribution in [2.45, 2.75) is 31.3 Å². The molecule has 1 saturated heterocycles. The summed E-state index contributed by atoms with van der Waals surface area (Å²) < 4.78 is 0. The first-order chi connectivity index (χ1) is 13.1. The molecule has 1 aliphatic heterocycles. The summed E-state index contributed by atoms with van der Waals surface area (Å²) in [6, 6.07) is 18.7. The second kappa shape index (κ2) is 9.33. The molecular weight excluding hydrogens is 338 g/mol. The van der Waals surface area contributed by atoms with Crippen LogP contribution in [0, 0.1) is 0 Å². The van der Waals surface area contributed by atoms with E-state index in [-0.39, 0.29) is 30.3 Å². The predicted molar refractivity (Wildman–Crippen MR) is 106 cm³/mol. The number of piperidine rings is 1. The number of amides is 2. The second-order valence-corrected chi connectivity index (χ2v) is 6.99. The first kappa shape index (κ1) is 19.1. The molecular formula is C22H27N3O2. The van der Waals surface area contributed by atoms with Gasteiger partial charge in [-0.3, -0.25) is 9.59 Å². The van der Waals surface area contributed by atoms with E-state index in [0.29, 0.717) is 5.56 Å². The maximum absolute atomic E-state index is 12.9. The lowest BCUT2D eigenvalue weighted by Gasteiger charge is -2.33. The summed E-state index contributed by atoms with van der Waals surface area (Å²) in [6.07, 6.45) is 2.19. The Hall–Kier alpha value is -2.66. The van der Waals surface area contributed by atoms with Crippen LogP contribution in [0.2, 0.25) is 0 Å². The van der Waals surface area contributed by atoms with Gasteiger partial charge in [-0.2, -0.15) is 0 Å². The van der Waals surface area contributed by atoms with Gasteiger partial charge in [0.2, 0.25) is 5.91 Å². The molecule has 1 heterocycles. The van der Waals surface area contributed by atoms with E-state index in [9.17, 15) is 9.59 Å². The number of hydrogen-bond donors (Lipinski definition) is 2. The zero-order valence-electron chi connectivity index (χ0n) is 15.7. The lowest BCUT2D eigenvalue weighted by atomic mass is 10.0. The highest BCUT2D eigenvalue weighted by atomic mass is 16.2. The highest BCUT2D eigenvalue weighted by molar-refractivity contribution is 5.94. The fourth-order valence-electron chi connectivity index (χ4n) is 3.48. The fourth-order valence-corrected chi connectivity index (χ4v) is 3.48. The van der Waals surface area contributed by atoms with Crippen molar-refractivity contribution in [1.82, 2.24) is 15.5 Å². The molecule has 5 heteroatoms. The van der Waals surface area contributed by atoms with Crippen LogP contribution >= 0.6 is 0 Å². The van der Waals surface area contributed by atoms with Crippen LogP contribution in [-0.2, 0) is 4.79 Å². The summed E-state index contributed by atoms with van der Waals surface area (Å²) in [5.74, 6) is -0.106. The third-order valence-corrected chi connectivity index (χ3v) is 5.17. The van der Waals surface area contributed by atoms with Crippen LogP contribution in [0.25, 0.3) is 0 Å². The Bertz CT molecular complexity index is 743. The van der Waals surface area contributed by atoms with Gasteiger partial charge in [-0.05, 0) is 43.6 Å². The summed E-state index contributed by atoms with van der Waals surface area (Å²) in [5.41, 5.74) is 1.53. The van der Waals surface area contributed by atoms with Gasteiger partial charge in [-0.15, -0.1) is 0 Å². The van der Waals surface area contributed by atoms with Crippen LogP contribution in [0.1, 0.15) is 41.2 Å². The Kier molecular flexibility index (Phi) is 6.60. The van der Waals surface area contributed by atoms with E-state index in [1.54, 1.807) is 12.1 Å². The maximum Gasteiger partial charge on any atom is 0.251 e. The Morgan fingerprint density at radius 3 is 2.26 bits per heavy atom. The summed E-state index contributed by atoms with van der Waals surface area (Å²) in [6.45, 7) is 1.88. The third-order valence-electron chi connectivity index (χ3n) is 5.17. The largest absolute Gasteiger partial charge is 0.345 e. The average molecular weight is 365 g/mol. The number of hydrogen-bond acceptors (Lipinski definition) is 3. The van der Waals surface area contributed by atoms with Crippen LogP contribution in [0.15, 0.2) is 60.7 Å². The van der Waals surface area contributed by atoms with E-state index < -0.39 is 0 Å². The van der Waals surface area contributed by atoms with E-state index >= 15 is 0 Å². The van der Waals surface area contributed by atoms with Crippen molar-refractivity contribution in [3.63, 3.8) is 0 Å². The first-order valence-corrected chi connectivity index (χ1v) is 9.52. The Morgan fingerprint density at radius 1 is 1.04 bits per heavy atom. The molecule has 0 radical (unpaired) electrons. The summed E-state index contributed by atoms with van der Waals surface area (Å²) in [4.78, 5) is 27.4. The zero-order chi connectivity index (χ0) is 19.1. The van der Waals surface area contributed by atoms with Gasteiger partial charge in [-0.1, -0.05) is 48.5 Å². The SMILES string of the molecule is CN(C(=O)CC(NC(=O)c1ccccc1)c1ccccc1)C1CCNCC1. The van der Waals surface area contributed by atoms with Gasteiger partial charge in [-0.25, -0.2) is 0 Å². The van der Waals surface area contributed by atoms with Gasteiger partial charge in [0, 0.05) is 18.7 Å². The number of benzene rings is 2. The molecule has 1 fully saturated rings. The lowest BCUT2D eigenvalue weighted by Crippen LogP contribution is -2.45. The quantitative estimate of drug-likeness (QED) is 0.827. The molecule has 0 aromatic heterocycles. The highest BCUT2D eigenvalue weighted by Gasteiger charge is 2.25. The van der Waals surface area contributed by atoms with Crippen LogP contribution < -0.4 is 10.6 Å². The predicted octanol–water partition coefficient (Wildman–Crippen LogP) is 2.76. The third kappa shape index (κ3) is 5.17. The topological polar surface area (TPSA) is 61.4 Å². The molecule has 5 nitrogen and oxygen atoms in total. The number of rotatable bonds is 6. The van der Waals surface area contributed by atoms with E-state index in [1.807, 2.05) is 60.5 Å². The van der Waals surface area contributed by atoms with E-state index in [0.717, 1.165) is 31.5 Å². The molecule has 27 heavy (non-hydrogen) atoms. The van der Waals surface area contributed by atoms with Crippen molar-refractivity contribution < 1.29 is 9.59 Å². The standard InChI is InChI=1S/C22H27N3O2/c1-25(19-12-14-23-15-13-19)21(26)16-20(17-8-4-2-5-9-17)24-22(27)18-10-6-3-7-11-18/h2-11,19-20,23H,12-16H2,1H3,(H,24,27).